The highest BCUT2D eigenvalue weighted by Gasteiger charge is 2.36. The van der Waals surface area contributed by atoms with Gasteiger partial charge in [-0.3, -0.25) is 10.1 Å². The average molecular weight is 248 g/mol. The van der Waals surface area contributed by atoms with Crippen LogP contribution in [0.4, 0.5) is 11.5 Å². The maximum absolute atomic E-state index is 10.8. The fourth-order valence-corrected chi connectivity index (χ4v) is 2.95. The van der Waals surface area contributed by atoms with Gasteiger partial charge in [-0.25, -0.2) is 4.98 Å². The molecule has 6 nitrogen and oxygen atoms in total. The summed E-state index contributed by atoms with van der Waals surface area (Å²) in [6.45, 7) is 5.85. The van der Waals surface area contributed by atoms with E-state index in [0.717, 1.165) is 32.0 Å². The summed E-state index contributed by atoms with van der Waals surface area (Å²) in [5, 5.41) is 14.2. The third kappa shape index (κ3) is 1.82. The summed E-state index contributed by atoms with van der Waals surface area (Å²) in [7, 11) is 0. The van der Waals surface area contributed by atoms with E-state index in [9.17, 15) is 10.1 Å². The van der Waals surface area contributed by atoms with Crippen LogP contribution in [0.25, 0.3) is 0 Å². The zero-order valence-corrected chi connectivity index (χ0v) is 10.3. The number of hydrogen-bond donors (Lipinski definition) is 1. The molecule has 0 amide bonds. The van der Waals surface area contributed by atoms with E-state index < -0.39 is 0 Å². The van der Waals surface area contributed by atoms with E-state index in [1.54, 1.807) is 19.1 Å². The Morgan fingerprint density at radius 3 is 2.61 bits per heavy atom. The third-order valence-corrected chi connectivity index (χ3v) is 3.95. The zero-order valence-electron chi connectivity index (χ0n) is 10.3. The topological polar surface area (TPSA) is 71.3 Å². The van der Waals surface area contributed by atoms with Crippen LogP contribution in [0.2, 0.25) is 0 Å². The van der Waals surface area contributed by atoms with Gasteiger partial charge in [0.15, 0.2) is 0 Å². The smallest absolute Gasteiger partial charge is 0.290 e. The van der Waals surface area contributed by atoms with E-state index in [1.165, 1.54) is 0 Å². The molecule has 0 bridgehead atoms. The summed E-state index contributed by atoms with van der Waals surface area (Å²) < 4.78 is 0. The van der Waals surface area contributed by atoms with Crippen molar-refractivity contribution in [3.05, 3.63) is 27.9 Å². The molecule has 18 heavy (non-hydrogen) atoms. The molecule has 0 saturated carbocycles. The van der Waals surface area contributed by atoms with Gasteiger partial charge in [-0.1, -0.05) is 0 Å². The lowest BCUT2D eigenvalue weighted by Gasteiger charge is -2.18. The number of anilines is 1. The van der Waals surface area contributed by atoms with Crippen molar-refractivity contribution in [1.29, 1.82) is 0 Å². The molecule has 2 saturated heterocycles. The summed E-state index contributed by atoms with van der Waals surface area (Å²) in [6, 6.07) is 3.32. The number of aryl methyl sites for hydroxylation is 1. The summed E-state index contributed by atoms with van der Waals surface area (Å²) in [4.78, 5) is 17.0. The molecule has 2 aliphatic heterocycles. The summed E-state index contributed by atoms with van der Waals surface area (Å²) in [5.74, 6) is 2.26. The number of aromatic nitrogens is 1. The van der Waals surface area contributed by atoms with E-state index >= 15 is 0 Å². The standard InChI is InChI=1S/C12H16N4O2/c1-8-11(16(17)18)2-3-12(14-8)15-6-9-4-13-5-10(9)7-15/h2-3,9-10,13H,4-7H2,1H3/t9-,10+. The van der Waals surface area contributed by atoms with Crippen LogP contribution in [-0.4, -0.2) is 36.1 Å². The van der Waals surface area contributed by atoms with Gasteiger partial charge in [-0.2, -0.15) is 0 Å². The normalized spacial score (nSPS) is 26.4. The highest BCUT2D eigenvalue weighted by atomic mass is 16.6. The van der Waals surface area contributed by atoms with Crippen molar-refractivity contribution in [2.45, 2.75) is 6.92 Å². The number of hydrogen-bond acceptors (Lipinski definition) is 5. The minimum absolute atomic E-state index is 0.0970. The first-order valence-electron chi connectivity index (χ1n) is 6.23. The lowest BCUT2D eigenvalue weighted by atomic mass is 10.0. The fraction of sp³-hybridized carbons (Fsp3) is 0.583. The van der Waals surface area contributed by atoms with E-state index in [2.05, 4.69) is 15.2 Å². The molecule has 0 aromatic carbocycles. The van der Waals surface area contributed by atoms with Gasteiger partial charge in [0.25, 0.3) is 5.69 Å². The van der Waals surface area contributed by atoms with E-state index in [-0.39, 0.29) is 10.6 Å². The van der Waals surface area contributed by atoms with Crippen molar-refractivity contribution >= 4 is 11.5 Å². The van der Waals surface area contributed by atoms with Crippen LogP contribution in [0.5, 0.6) is 0 Å². The molecule has 0 radical (unpaired) electrons. The van der Waals surface area contributed by atoms with Crippen molar-refractivity contribution in [3.8, 4) is 0 Å². The fourth-order valence-electron chi connectivity index (χ4n) is 2.95. The van der Waals surface area contributed by atoms with Crippen LogP contribution in [0, 0.1) is 28.9 Å². The summed E-state index contributed by atoms with van der Waals surface area (Å²) in [5.41, 5.74) is 0.590. The Hall–Kier alpha value is -1.69. The quantitative estimate of drug-likeness (QED) is 0.623. The molecule has 2 atom stereocenters. The van der Waals surface area contributed by atoms with Crippen molar-refractivity contribution in [1.82, 2.24) is 10.3 Å². The first kappa shape index (κ1) is 11.4. The molecule has 1 N–H and O–H groups in total. The Morgan fingerprint density at radius 1 is 1.39 bits per heavy atom. The second kappa shape index (κ2) is 4.20. The second-order valence-corrected chi connectivity index (χ2v) is 5.11. The molecule has 0 unspecified atom stereocenters. The molecule has 1 aromatic rings. The van der Waals surface area contributed by atoms with Gasteiger partial charge in [0.2, 0.25) is 0 Å². The van der Waals surface area contributed by atoms with Crippen LogP contribution in [0.1, 0.15) is 5.69 Å². The molecule has 2 aliphatic rings. The summed E-state index contributed by atoms with van der Waals surface area (Å²) in [6.07, 6.45) is 0. The van der Waals surface area contributed by atoms with Crippen LogP contribution < -0.4 is 10.2 Å². The zero-order chi connectivity index (χ0) is 12.7. The highest BCUT2D eigenvalue weighted by Crippen LogP contribution is 2.30. The first-order chi connectivity index (χ1) is 8.65. The van der Waals surface area contributed by atoms with Gasteiger partial charge in [-0.15, -0.1) is 0 Å². The first-order valence-corrected chi connectivity index (χ1v) is 6.23. The Labute approximate surface area is 105 Å². The van der Waals surface area contributed by atoms with E-state index in [4.69, 9.17) is 0 Å². The van der Waals surface area contributed by atoms with E-state index in [1.807, 2.05) is 0 Å². The van der Waals surface area contributed by atoms with Crippen LogP contribution in [-0.2, 0) is 0 Å². The maximum atomic E-state index is 10.8. The number of fused-ring (bicyclic) bond motifs is 1. The molecule has 2 fully saturated rings. The monoisotopic (exact) mass is 248 g/mol. The predicted octanol–water partition coefficient (Wildman–Crippen LogP) is 0.954. The molecule has 6 heteroatoms. The van der Waals surface area contributed by atoms with Gasteiger partial charge in [0, 0.05) is 32.2 Å². The molecule has 0 spiro atoms. The minimum atomic E-state index is -0.380. The van der Waals surface area contributed by atoms with Crippen LogP contribution >= 0.6 is 0 Å². The van der Waals surface area contributed by atoms with Crippen molar-refractivity contribution < 1.29 is 4.92 Å². The van der Waals surface area contributed by atoms with Crippen molar-refractivity contribution in [2.24, 2.45) is 11.8 Å². The number of rotatable bonds is 2. The number of nitro groups is 1. The van der Waals surface area contributed by atoms with Gasteiger partial charge < -0.3 is 10.2 Å². The van der Waals surface area contributed by atoms with Gasteiger partial charge >= 0.3 is 0 Å². The third-order valence-electron chi connectivity index (χ3n) is 3.95. The number of nitrogens with one attached hydrogen (secondary N) is 1. The molecule has 3 rings (SSSR count). The van der Waals surface area contributed by atoms with Gasteiger partial charge in [0.05, 0.1) is 4.92 Å². The Bertz CT molecular complexity index is 479. The SMILES string of the molecule is Cc1nc(N2C[C@H]3CNC[C@H]3C2)ccc1[N+](=O)[O-]. The lowest BCUT2D eigenvalue weighted by molar-refractivity contribution is -0.385. The number of pyridine rings is 1. The predicted molar refractivity (Wildman–Crippen MR) is 67.7 cm³/mol. The molecule has 3 heterocycles. The molecular weight excluding hydrogens is 232 g/mol. The van der Waals surface area contributed by atoms with Crippen molar-refractivity contribution in [2.75, 3.05) is 31.1 Å². The molecule has 1 aromatic heterocycles. The maximum Gasteiger partial charge on any atom is 0.290 e. The Morgan fingerprint density at radius 2 is 2.06 bits per heavy atom. The molecular formula is C12H16N4O2. The molecule has 0 aliphatic carbocycles. The largest absolute Gasteiger partial charge is 0.356 e. The summed E-state index contributed by atoms with van der Waals surface area (Å²) >= 11 is 0. The van der Waals surface area contributed by atoms with Crippen LogP contribution in [0.3, 0.4) is 0 Å². The molecule has 96 valence electrons. The second-order valence-electron chi connectivity index (χ2n) is 5.11. The van der Waals surface area contributed by atoms with E-state index in [0.29, 0.717) is 17.5 Å². The minimum Gasteiger partial charge on any atom is -0.356 e. The number of nitrogens with zero attached hydrogens (tertiary/aromatic N) is 3. The van der Waals surface area contributed by atoms with Gasteiger partial charge in [-0.05, 0) is 24.8 Å². The van der Waals surface area contributed by atoms with Crippen molar-refractivity contribution in [3.63, 3.8) is 0 Å². The average Bonchev–Trinajstić information content (AvgIpc) is 2.87. The van der Waals surface area contributed by atoms with Gasteiger partial charge in [0.1, 0.15) is 11.5 Å². The Balaban J connectivity index is 1.81. The Kier molecular flexibility index (Phi) is 2.66. The lowest BCUT2D eigenvalue weighted by Crippen LogP contribution is -2.26. The highest BCUT2D eigenvalue weighted by molar-refractivity contribution is 5.47. The van der Waals surface area contributed by atoms with Crippen LogP contribution in [0.15, 0.2) is 12.1 Å².